The Labute approximate surface area is 134 Å². The number of ether oxygens (including phenoxy) is 3. The third kappa shape index (κ3) is 5.29. The summed E-state index contributed by atoms with van der Waals surface area (Å²) in [6.07, 6.45) is 7.95. The van der Waals surface area contributed by atoms with Crippen LogP contribution >= 0.6 is 0 Å². The van der Waals surface area contributed by atoms with Crippen molar-refractivity contribution in [3.8, 4) is 5.75 Å². The fraction of sp³-hybridized carbons (Fsp3) is 0.684. The zero-order valence-electron chi connectivity index (χ0n) is 14.1. The molecule has 0 saturated carbocycles. The Morgan fingerprint density at radius 1 is 1.09 bits per heavy atom. The van der Waals surface area contributed by atoms with Gasteiger partial charge >= 0.3 is 0 Å². The van der Waals surface area contributed by atoms with Crippen molar-refractivity contribution in [1.82, 2.24) is 0 Å². The van der Waals surface area contributed by atoms with Crippen LogP contribution < -0.4 is 4.74 Å². The molecule has 0 aromatic heterocycles. The lowest BCUT2D eigenvalue weighted by molar-refractivity contribution is -0.0912. The van der Waals surface area contributed by atoms with E-state index in [9.17, 15) is 0 Å². The highest BCUT2D eigenvalue weighted by atomic mass is 16.6. The van der Waals surface area contributed by atoms with E-state index in [1.807, 2.05) is 0 Å². The number of unbranched alkanes of at least 4 members (excludes halogenated alkanes) is 3. The minimum Gasteiger partial charge on any atom is -0.493 e. The average molecular weight is 306 g/mol. The third-order valence-electron chi connectivity index (χ3n) is 4.02. The Bertz CT molecular complexity index is 506. The predicted octanol–water partition coefficient (Wildman–Crippen LogP) is 4.45. The van der Waals surface area contributed by atoms with Crippen LogP contribution in [0.2, 0.25) is 0 Å². The van der Waals surface area contributed by atoms with Gasteiger partial charge in [-0.3, -0.25) is 0 Å². The van der Waals surface area contributed by atoms with Crippen LogP contribution in [-0.2, 0) is 9.47 Å². The molecule has 1 saturated heterocycles. The van der Waals surface area contributed by atoms with E-state index in [4.69, 9.17) is 14.2 Å². The standard InChI is InChI=1S/C10H20O2.C9H10O/c1-2-3-4-5-6-10-9-11-7-8-12-10;1-2-5-10-9-6-7-3-4-8(7)9/h10H,2-9H2,1H3;3-4,6H,2,5H2,1H3. The van der Waals surface area contributed by atoms with E-state index < -0.39 is 0 Å². The molecule has 3 rings (SSSR count). The molecule has 0 radical (unpaired) electrons. The molecule has 0 bridgehead atoms. The second-order valence-electron chi connectivity index (χ2n) is 5.98. The van der Waals surface area contributed by atoms with Crippen LogP contribution in [0.4, 0.5) is 0 Å². The van der Waals surface area contributed by atoms with Gasteiger partial charge in [-0.1, -0.05) is 51.7 Å². The monoisotopic (exact) mass is 306 g/mol. The normalized spacial score (nSPS) is 18.4. The van der Waals surface area contributed by atoms with E-state index in [0.717, 1.165) is 38.6 Å². The van der Waals surface area contributed by atoms with E-state index in [2.05, 4.69) is 32.0 Å². The highest BCUT2D eigenvalue weighted by Gasteiger charge is 2.12. The van der Waals surface area contributed by atoms with Crippen LogP contribution in [0.3, 0.4) is 0 Å². The van der Waals surface area contributed by atoms with Gasteiger partial charge in [0.1, 0.15) is 5.75 Å². The van der Waals surface area contributed by atoms with Gasteiger partial charge in [-0.05, 0) is 24.1 Å². The molecule has 2 aliphatic carbocycles. The Hall–Kier alpha value is -1.06. The topological polar surface area (TPSA) is 27.7 Å². The van der Waals surface area contributed by atoms with Gasteiger partial charge in [0.2, 0.25) is 0 Å². The van der Waals surface area contributed by atoms with Crippen molar-refractivity contribution < 1.29 is 14.2 Å². The van der Waals surface area contributed by atoms with Crippen molar-refractivity contribution in [2.45, 2.75) is 58.5 Å². The Balaban J connectivity index is 0.000000162. The highest BCUT2D eigenvalue weighted by molar-refractivity contribution is 5.38. The molecular formula is C19H30O3. The van der Waals surface area contributed by atoms with Gasteiger partial charge in [0.05, 0.1) is 32.5 Å². The van der Waals surface area contributed by atoms with Crippen LogP contribution in [0.5, 0.6) is 5.75 Å². The third-order valence-corrected chi connectivity index (χ3v) is 4.02. The van der Waals surface area contributed by atoms with Crippen molar-refractivity contribution in [3.63, 3.8) is 0 Å². The second kappa shape index (κ2) is 9.86. The van der Waals surface area contributed by atoms with Crippen LogP contribution in [0.15, 0.2) is 18.2 Å². The fourth-order valence-corrected chi connectivity index (χ4v) is 2.59. The van der Waals surface area contributed by atoms with Gasteiger partial charge in [-0.15, -0.1) is 0 Å². The molecule has 1 atom stereocenters. The highest BCUT2D eigenvalue weighted by Crippen LogP contribution is 2.23. The van der Waals surface area contributed by atoms with Gasteiger partial charge in [0, 0.05) is 5.22 Å². The number of hydrogen-bond donors (Lipinski definition) is 0. The molecule has 1 fully saturated rings. The number of rotatable bonds is 8. The van der Waals surface area contributed by atoms with Gasteiger partial charge in [0.25, 0.3) is 0 Å². The Morgan fingerprint density at radius 3 is 2.55 bits per heavy atom. The summed E-state index contributed by atoms with van der Waals surface area (Å²) in [7, 11) is 0. The van der Waals surface area contributed by atoms with E-state index in [0.29, 0.717) is 6.10 Å². The summed E-state index contributed by atoms with van der Waals surface area (Å²) in [4.78, 5) is 0. The van der Waals surface area contributed by atoms with Crippen molar-refractivity contribution in [3.05, 3.63) is 28.6 Å². The number of benzene rings is 1. The first-order valence-corrected chi connectivity index (χ1v) is 8.81. The lowest BCUT2D eigenvalue weighted by atomic mass is 10.1. The van der Waals surface area contributed by atoms with Crippen LogP contribution in [0.25, 0.3) is 0 Å². The van der Waals surface area contributed by atoms with E-state index >= 15 is 0 Å². The molecule has 0 N–H and O–H groups in total. The first-order valence-electron chi connectivity index (χ1n) is 8.81. The first-order chi connectivity index (χ1) is 10.8. The molecule has 0 aromatic carbocycles. The summed E-state index contributed by atoms with van der Waals surface area (Å²) < 4.78 is 16.3. The summed E-state index contributed by atoms with van der Waals surface area (Å²) >= 11 is 0. The molecule has 22 heavy (non-hydrogen) atoms. The minimum absolute atomic E-state index is 0.385. The zero-order valence-corrected chi connectivity index (χ0v) is 14.1. The molecule has 3 heteroatoms. The largest absolute Gasteiger partial charge is 0.493 e. The summed E-state index contributed by atoms with van der Waals surface area (Å²) in [6, 6.07) is 6.29. The zero-order chi connectivity index (χ0) is 15.6. The molecule has 1 aliphatic heterocycles. The van der Waals surface area contributed by atoms with Crippen LogP contribution in [0, 0.1) is 10.4 Å². The molecule has 0 spiro atoms. The smallest absolute Gasteiger partial charge is 0.127 e. The molecule has 124 valence electrons. The SMILES string of the molecule is CCCCCCC1COCCO1.CCCOc1cc2ccc1=2. The lowest BCUT2D eigenvalue weighted by Crippen LogP contribution is -2.28. The molecule has 0 amide bonds. The summed E-state index contributed by atoms with van der Waals surface area (Å²) in [6.45, 7) is 7.58. The van der Waals surface area contributed by atoms with Crippen LogP contribution in [-0.4, -0.2) is 32.5 Å². The second-order valence-corrected chi connectivity index (χ2v) is 5.98. The molecule has 3 aliphatic rings. The van der Waals surface area contributed by atoms with Crippen molar-refractivity contribution in [2.75, 3.05) is 26.4 Å². The predicted molar refractivity (Wildman–Crippen MR) is 89.2 cm³/mol. The fourth-order valence-electron chi connectivity index (χ4n) is 2.59. The Kier molecular flexibility index (Phi) is 7.75. The average Bonchev–Trinajstić information content (AvgIpc) is 2.54. The van der Waals surface area contributed by atoms with Crippen molar-refractivity contribution in [1.29, 1.82) is 0 Å². The minimum atomic E-state index is 0.385. The lowest BCUT2D eigenvalue weighted by Gasteiger charge is -2.22. The van der Waals surface area contributed by atoms with E-state index in [-0.39, 0.29) is 0 Å². The van der Waals surface area contributed by atoms with E-state index in [1.54, 1.807) is 0 Å². The van der Waals surface area contributed by atoms with Gasteiger partial charge < -0.3 is 14.2 Å². The maximum atomic E-state index is 5.53. The maximum Gasteiger partial charge on any atom is 0.127 e. The molecule has 1 unspecified atom stereocenters. The van der Waals surface area contributed by atoms with Crippen molar-refractivity contribution >= 4 is 0 Å². The van der Waals surface area contributed by atoms with Gasteiger partial charge in [-0.25, -0.2) is 0 Å². The first kappa shape index (κ1) is 17.3. The van der Waals surface area contributed by atoms with Gasteiger partial charge in [0.15, 0.2) is 0 Å². The quantitative estimate of drug-likeness (QED) is 0.674. The summed E-state index contributed by atoms with van der Waals surface area (Å²) in [5.74, 6) is 1.08. The Morgan fingerprint density at radius 2 is 2.00 bits per heavy atom. The summed E-state index contributed by atoms with van der Waals surface area (Å²) in [5.41, 5.74) is 0. The van der Waals surface area contributed by atoms with Crippen LogP contribution in [0.1, 0.15) is 52.4 Å². The van der Waals surface area contributed by atoms with Crippen molar-refractivity contribution in [2.24, 2.45) is 0 Å². The van der Waals surface area contributed by atoms with E-state index in [1.165, 1.54) is 42.5 Å². The number of hydrogen-bond acceptors (Lipinski definition) is 3. The molecule has 1 heterocycles. The maximum absolute atomic E-state index is 5.53. The molecule has 0 aromatic rings. The molecule has 3 nitrogen and oxygen atoms in total. The summed E-state index contributed by atoms with van der Waals surface area (Å²) in [5, 5.41) is 2.67. The molecular weight excluding hydrogens is 276 g/mol. The van der Waals surface area contributed by atoms with Gasteiger partial charge in [-0.2, -0.15) is 0 Å².